The lowest BCUT2D eigenvalue weighted by atomic mass is 9.96. The van der Waals surface area contributed by atoms with Crippen molar-refractivity contribution in [1.82, 2.24) is 10.2 Å². The van der Waals surface area contributed by atoms with Crippen molar-refractivity contribution in [2.24, 2.45) is 5.92 Å². The van der Waals surface area contributed by atoms with Crippen molar-refractivity contribution in [3.8, 4) is 5.75 Å². The van der Waals surface area contributed by atoms with Gasteiger partial charge >= 0.3 is 0 Å². The summed E-state index contributed by atoms with van der Waals surface area (Å²) in [5.74, 6) is 0.622. The van der Waals surface area contributed by atoms with Crippen molar-refractivity contribution < 1.29 is 14.3 Å². The van der Waals surface area contributed by atoms with Crippen LogP contribution < -0.4 is 15.4 Å². The van der Waals surface area contributed by atoms with Crippen molar-refractivity contribution >= 4 is 29.1 Å². The third-order valence-corrected chi connectivity index (χ3v) is 4.35. The quantitative estimate of drug-likeness (QED) is 0.822. The van der Waals surface area contributed by atoms with Crippen LogP contribution in [0, 0.1) is 5.92 Å². The highest BCUT2D eigenvalue weighted by atomic mass is 35.5. The van der Waals surface area contributed by atoms with Crippen molar-refractivity contribution in [3.63, 3.8) is 0 Å². The van der Waals surface area contributed by atoms with Gasteiger partial charge in [-0.05, 0) is 51.1 Å². The lowest BCUT2D eigenvalue weighted by Crippen LogP contribution is -2.43. The van der Waals surface area contributed by atoms with Gasteiger partial charge in [-0.15, -0.1) is 0 Å². The van der Waals surface area contributed by atoms with E-state index >= 15 is 0 Å². The molecule has 2 rings (SSSR count). The third-order valence-electron chi connectivity index (χ3n) is 4.11. The Morgan fingerprint density at radius 3 is 2.67 bits per heavy atom. The van der Waals surface area contributed by atoms with E-state index in [1.165, 1.54) is 0 Å². The second-order valence-electron chi connectivity index (χ2n) is 5.84. The molecule has 1 aliphatic rings. The summed E-state index contributed by atoms with van der Waals surface area (Å²) in [4.78, 5) is 26.1. The smallest absolute Gasteiger partial charge is 0.238 e. The van der Waals surface area contributed by atoms with Gasteiger partial charge in [0.15, 0.2) is 0 Å². The van der Waals surface area contributed by atoms with Crippen LogP contribution in [0.4, 0.5) is 5.69 Å². The summed E-state index contributed by atoms with van der Waals surface area (Å²) in [6.07, 6.45) is 1.55. The van der Waals surface area contributed by atoms with Gasteiger partial charge in [0.25, 0.3) is 0 Å². The number of anilines is 1. The molecule has 0 unspecified atom stereocenters. The number of hydrogen-bond acceptors (Lipinski definition) is 4. The molecule has 0 radical (unpaired) electrons. The number of hydrogen-bond donors (Lipinski definition) is 2. The highest BCUT2D eigenvalue weighted by Gasteiger charge is 2.25. The first-order chi connectivity index (χ1) is 11.5. The average molecular weight is 354 g/mol. The van der Waals surface area contributed by atoms with Crippen LogP contribution in [0.2, 0.25) is 5.02 Å². The second kappa shape index (κ2) is 8.89. The second-order valence-corrected chi connectivity index (χ2v) is 6.27. The van der Waals surface area contributed by atoms with Crippen molar-refractivity contribution in [3.05, 3.63) is 23.2 Å². The maximum absolute atomic E-state index is 12.2. The van der Waals surface area contributed by atoms with Gasteiger partial charge in [0.05, 0.1) is 19.3 Å². The number of amides is 2. The molecule has 6 nitrogen and oxygen atoms in total. The number of ether oxygens (including phenoxy) is 1. The molecule has 0 saturated carbocycles. The first-order valence-corrected chi connectivity index (χ1v) is 8.54. The van der Waals surface area contributed by atoms with Crippen molar-refractivity contribution in [2.75, 3.05) is 38.6 Å². The van der Waals surface area contributed by atoms with Gasteiger partial charge in [0, 0.05) is 17.5 Å². The number of nitrogens with one attached hydrogen (secondary N) is 2. The van der Waals surface area contributed by atoms with Crippen LogP contribution in [0.1, 0.15) is 19.8 Å². The fraction of sp³-hybridized carbons (Fsp3) is 0.529. The Labute approximate surface area is 147 Å². The van der Waals surface area contributed by atoms with E-state index in [9.17, 15) is 9.59 Å². The molecule has 1 aromatic rings. The molecule has 0 aromatic heterocycles. The van der Waals surface area contributed by atoms with E-state index < -0.39 is 0 Å². The SMILES string of the molecule is CCNC(=O)C1CCN(CC(=O)Nc2cc(Cl)ccc2OC)CC1. The number of rotatable bonds is 6. The minimum Gasteiger partial charge on any atom is -0.495 e. The van der Waals surface area contributed by atoms with Crippen LogP contribution in [0.25, 0.3) is 0 Å². The van der Waals surface area contributed by atoms with Crippen molar-refractivity contribution in [2.45, 2.75) is 19.8 Å². The summed E-state index contributed by atoms with van der Waals surface area (Å²) in [6, 6.07) is 5.09. The lowest BCUT2D eigenvalue weighted by Gasteiger charge is -2.30. The molecule has 1 fully saturated rings. The molecular weight excluding hydrogens is 330 g/mol. The number of methoxy groups -OCH3 is 1. The fourth-order valence-electron chi connectivity index (χ4n) is 2.84. The van der Waals surface area contributed by atoms with Crippen LogP contribution in [0.15, 0.2) is 18.2 Å². The van der Waals surface area contributed by atoms with Crippen LogP contribution in [0.3, 0.4) is 0 Å². The van der Waals surface area contributed by atoms with Crippen molar-refractivity contribution in [1.29, 1.82) is 0 Å². The van der Waals surface area contributed by atoms with Gasteiger partial charge in [-0.3, -0.25) is 14.5 Å². The fourth-order valence-corrected chi connectivity index (χ4v) is 3.01. The standard InChI is InChI=1S/C17H24ClN3O3/c1-3-19-17(23)12-6-8-21(9-7-12)11-16(22)20-14-10-13(18)4-5-15(14)24-2/h4-5,10,12H,3,6-9,11H2,1-2H3,(H,19,23)(H,20,22). The van der Waals surface area contributed by atoms with Crippen LogP contribution in [0.5, 0.6) is 5.75 Å². The first-order valence-electron chi connectivity index (χ1n) is 8.17. The molecule has 2 amide bonds. The molecule has 0 bridgehead atoms. The molecule has 0 aliphatic carbocycles. The van der Waals surface area contributed by atoms with Gasteiger partial charge in [-0.25, -0.2) is 0 Å². The maximum atomic E-state index is 12.2. The third kappa shape index (κ3) is 5.11. The number of halogens is 1. The normalized spacial score (nSPS) is 15.8. The number of benzene rings is 1. The van der Waals surface area contributed by atoms with Gasteiger partial charge in [0.2, 0.25) is 11.8 Å². The van der Waals surface area contributed by atoms with Gasteiger partial charge in [0.1, 0.15) is 5.75 Å². The van der Waals surface area contributed by atoms with E-state index in [0.29, 0.717) is 23.0 Å². The highest BCUT2D eigenvalue weighted by molar-refractivity contribution is 6.31. The molecule has 1 aromatic carbocycles. The summed E-state index contributed by atoms with van der Waals surface area (Å²) in [5.41, 5.74) is 0.562. The maximum Gasteiger partial charge on any atom is 0.238 e. The molecule has 0 spiro atoms. The monoisotopic (exact) mass is 353 g/mol. The molecule has 132 valence electrons. The highest BCUT2D eigenvalue weighted by Crippen LogP contribution is 2.27. The van der Waals surface area contributed by atoms with Gasteiger partial charge < -0.3 is 15.4 Å². The van der Waals surface area contributed by atoms with E-state index in [4.69, 9.17) is 16.3 Å². The summed E-state index contributed by atoms with van der Waals surface area (Å²) in [5, 5.41) is 6.23. The summed E-state index contributed by atoms with van der Waals surface area (Å²) in [6.45, 7) is 4.34. The number of nitrogens with zero attached hydrogens (tertiary/aromatic N) is 1. The minimum atomic E-state index is -0.118. The van der Waals surface area contributed by atoms with E-state index in [1.807, 2.05) is 6.92 Å². The number of likely N-dealkylation sites (tertiary alicyclic amines) is 1. The average Bonchev–Trinajstić information content (AvgIpc) is 2.56. The summed E-state index contributed by atoms with van der Waals surface area (Å²) >= 11 is 5.97. The molecule has 2 N–H and O–H groups in total. The Bertz CT molecular complexity index is 586. The molecule has 1 saturated heterocycles. The molecule has 1 aliphatic heterocycles. The number of carbonyl (C=O) groups is 2. The van der Waals surface area contributed by atoms with E-state index in [1.54, 1.807) is 25.3 Å². The Balaban J connectivity index is 1.84. The predicted octanol–water partition coefficient (Wildman–Crippen LogP) is 2.14. The first kappa shape index (κ1) is 18.5. The number of piperidine rings is 1. The molecule has 0 atom stereocenters. The van der Waals surface area contributed by atoms with Gasteiger partial charge in [-0.2, -0.15) is 0 Å². The Hall–Kier alpha value is -1.79. The molecule has 7 heteroatoms. The van der Waals surface area contributed by atoms with E-state index in [-0.39, 0.29) is 24.3 Å². The molecular formula is C17H24ClN3O3. The summed E-state index contributed by atoms with van der Waals surface area (Å²) < 4.78 is 5.22. The zero-order chi connectivity index (χ0) is 17.5. The molecule has 24 heavy (non-hydrogen) atoms. The topological polar surface area (TPSA) is 70.7 Å². The Morgan fingerprint density at radius 1 is 1.33 bits per heavy atom. The van der Waals surface area contributed by atoms with Crippen LogP contribution in [-0.4, -0.2) is 50.0 Å². The summed E-state index contributed by atoms with van der Waals surface area (Å²) in [7, 11) is 1.55. The zero-order valence-corrected chi connectivity index (χ0v) is 14.9. The number of carbonyl (C=O) groups excluding carboxylic acids is 2. The van der Waals surface area contributed by atoms with Crippen LogP contribution in [-0.2, 0) is 9.59 Å². The lowest BCUT2D eigenvalue weighted by molar-refractivity contribution is -0.126. The Kier molecular flexibility index (Phi) is 6.87. The Morgan fingerprint density at radius 2 is 2.04 bits per heavy atom. The predicted molar refractivity (Wildman–Crippen MR) is 94.5 cm³/mol. The molecule has 1 heterocycles. The largest absolute Gasteiger partial charge is 0.495 e. The zero-order valence-electron chi connectivity index (χ0n) is 14.1. The van der Waals surface area contributed by atoms with Crippen LogP contribution >= 0.6 is 11.6 Å². The van der Waals surface area contributed by atoms with E-state index in [0.717, 1.165) is 25.9 Å². The van der Waals surface area contributed by atoms with E-state index in [2.05, 4.69) is 15.5 Å². The minimum absolute atomic E-state index is 0.0530. The van der Waals surface area contributed by atoms with Gasteiger partial charge in [-0.1, -0.05) is 11.6 Å².